The van der Waals surface area contributed by atoms with Gasteiger partial charge in [-0.2, -0.15) is 5.10 Å². The minimum atomic E-state index is 0.573. The molecule has 0 unspecified atom stereocenters. The second-order valence-corrected chi connectivity index (χ2v) is 2.99. The number of pyridine rings is 1. The Hall–Kier alpha value is -1.78. The van der Waals surface area contributed by atoms with Crippen molar-refractivity contribution in [3.8, 4) is 5.75 Å². The molecule has 5 heteroatoms. The number of fused-ring (bicyclic) bond motifs is 1. The first kappa shape index (κ1) is 16.2. The number of hydrogen-bond acceptors (Lipinski definition) is 4. The molecule has 0 aliphatic carbocycles. The topological polar surface area (TPSA) is 65.4 Å². The molecule has 102 valence electrons. The SMILES string of the molecule is CC.CC.CCOc1cc2nc(C)nn2cc1N. The Kier molecular flexibility index (Phi) is 7.51. The molecule has 0 spiro atoms. The molecule has 0 atom stereocenters. The maximum atomic E-state index is 5.77. The van der Waals surface area contributed by atoms with Gasteiger partial charge in [0.25, 0.3) is 0 Å². The van der Waals surface area contributed by atoms with E-state index in [2.05, 4.69) is 10.1 Å². The summed E-state index contributed by atoms with van der Waals surface area (Å²) in [6, 6.07) is 1.79. The zero-order chi connectivity index (χ0) is 14.1. The first-order valence-electron chi connectivity index (χ1n) is 6.46. The molecule has 0 aliphatic rings. The van der Waals surface area contributed by atoms with E-state index in [-0.39, 0.29) is 0 Å². The summed E-state index contributed by atoms with van der Waals surface area (Å²) in [5.41, 5.74) is 7.09. The zero-order valence-electron chi connectivity index (χ0n) is 12.2. The van der Waals surface area contributed by atoms with Crippen molar-refractivity contribution < 1.29 is 4.74 Å². The summed E-state index contributed by atoms with van der Waals surface area (Å²) in [5, 5.41) is 4.15. The van der Waals surface area contributed by atoms with Crippen LogP contribution in [-0.2, 0) is 0 Å². The van der Waals surface area contributed by atoms with Crippen LogP contribution in [0.3, 0.4) is 0 Å². The Balaban J connectivity index is 0.000000659. The molecule has 18 heavy (non-hydrogen) atoms. The van der Waals surface area contributed by atoms with Crippen LogP contribution in [0.25, 0.3) is 5.65 Å². The van der Waals surface area contributed by atoms with Crippen LogP contribution in [0.15, 0.2) is 12.3 Å². The third kappa shape index (κ3) is 3.91. The van der Waals surface area contributed by atoms with E-state index in [0.717, 1.165) is 11.5 Å². The lowest BCUT2D eigenvalue weighted by Crippen LogP contribution is -1.99. The van der Waals surface area contributed by atoms with Gasteiger partial charge < -0.3 is 10.5 Å². The van der Waals surface area contributed by atoms with Gasteiger partial charge in [-0.1, -0.05) is 27.7 Å². The number of ether oxygens (including phenoxy) is 1. The fraction of sp³-hybridized carbons (Fsp3) is 0.538. The largest absolute Gasteiger partial charge is 0.492 e. The van der Waals surface area contributed by atoms with E-state index >= 15 is 0 Å². The van der Waals surface area contributed by atoms with Crippen molar-refractivity contribution in [2.24, 2.45) is 0 Å². The van der Waals surface area contributed by atoms with Crippen molar-refractivity contribution in [1.29, 1.82) is 0 Å². The van der Waals surface area contributed by atoms with Gasteiger partial charge in [-0.3, -0.25) is 0 Å². The van der Waals surface area contributed by atoms with Gasteiger partial charge >= 0.3 is 0 Å². The van der Waals surface area contributed by atoms with Gasteiger partial charge in [-0.25, -0.2) is 9.50 Å². The monoisotopic (exact) mass is 252 g/mol. The molecule has 0 bridgehead atoms. The number of rotatable bonds is 2. The van der Waals surface area contributed by atoms with Crippen LogP contribution in [0, 0.1) is 6.92 Å². The summed E-state index contributed by atoms with van der Waals surface area (Å²) in [6.45, 7) is 12.3. The molecule has 2 heterocycles. The van der Waals surface area contributed by atoms with E-state index in [4.69, 9.17) is 10.5 Å². The van der Waals surface area contributed by atoms with Crippen LogP contribution in [0.5, 0.6) is 5.75 Å². The van der Waals surface area contributed by atoms with E-state index in [9.17, 15) is 0 Å². The quantitative estimate of drug-likeness (QED) is 0.892. The first-order valence-corrected chi connectivity index (χ1v) is 6.46. The molecule has 5 nitrogen and oxygen atoms in total. The summed E-state index contributed by atoms with van der Waals surface area (Å²) in [5.74, 6) is 1.38. The second kappa shape index (κ2) is 8.33. The van der Waals surface area contributed by atoms with E-state index in [1.165, 1.54) is 0 Å². The predicted octanol–water partition coefficient (Wildman–Crippen LogP) is 3.07. The van der Waals surface area contributed by atoms with Crippen LogP contribution in [-0.4, -0.2) is 21.2 Å². The van der Waals surface area contributed by atoms with E-state index in [0.29, 0.717) is 18.0 Å². The number of aromatic nitrogens is 3. The van der Waals surface area contributed by atoms with Gasteiger partial charge in [0.15, 0.2) is 5.65 Å². The Morgan fingerprint density at radius 1 is 1.28 bits per heavy atom. The lowest BCUT2D eigenvalue weighted by Gasteiger charge is -2.05. The molecule has 0 aliphatic heterocycles. The van der Waals surface area contributed by atoms with Gasteiger partial charge in [-0.05, 0) is 13.8 Å². The highest BCUT2D eigenvalue weighted by molar-refractivity contribution is 5.58. The number of anilines is 1. The van der Waals surface area contributed by atoms with Crippen LogP contribution >= 0.6 is 0 Å². The minimum absolute atomic E-state index is 0.573. The highest BCUT2D eigenvalue weighted by atomic mass is 16.5. The highest BCUT2D eigenvalue weighted by Crippen LogP contribution is 2.22. The van der Waals surface area contributed by atoms with Crippen LogP contribution in [0.2, 0.25) is 0 Å². The number of nitrogens with two attached hydrogens (primary N) is 1. The molecule has 0 radical (unpaired) electrons. The summed E-state index contributed by atoms with van der Waals surface area (Å²) < 4.78 is 6.99. The summed E-state index contributed by atoms with van der Waals surface area (Å²) in [6.07, 6.45) is 1.71. The number of nitrogens with zero attached hydrogens (tertiary/aromatic N) is 3. The minimum Gasteiger partial charge on any atom is -0.492 e. The summed E-state index contributed by atoms with van der Waals surface area (Å²) >= 11 is 0. The third-order valence-electron chi connectivity index (χ3n) is 1.87. The molecule has 0 saturated heterocycles. The van der Waals surface area contributed by atoms with Crippen molar-refractivity contribution >= 4 is 11.3 Å². The van der Waals surface area contributed by atoms with E-state index in [1.807, 2.05) is 41.5 Å². The third-order valence-corrected chi connectivity index (χ3v) is 1.87. The molecule has 0 saturated carbocycles. The van der Waals surface area contributed by atoms with E-state index < -0.39 is 0 Å². The fourth-order valence-corrected chi connectivity index (χ4v) is 1.32. The lowest BCUT2D eigenvalue weighted by molar-refractivity contribution is 0.342. The average molecular weight is 252 g/mol. The molecular formula is C13H24N4O. The molecule has 2 aromatic rings. The molecule has 2 rings (SSSR count). The molecule has 0 amide bonds. The van der Waals surface area contributed by atoms with Crippen molar-refractivity contribution in [3.05, 3.63) is 18.1 Å². The standard InChI is InChI=1S/C9H12N4O.2C2H6/c1-3-14-8-4-9-11-6(2)12-13(9)5-7(8)10;2*1-2/h4-5H,3,10H2,1-2H3;2*1-2H3. The second-order valence-electron chi connectivity index (χ2n) is 2.99. The first-order chi connectivity index (χ1) is 8.70. The van der Waals surface area contributed by atoms with Gasteiger partial charge in [0.05, 0.1) is 18.5 Å². The summed E-state index contributed by atoms with van der Waals surface area (Å²) in [7, 11) is 0. The van der Waals surface area contributed by atoms with Crippen molar-refractivity contribution in [2.75, 3.05) is 12.3 Å². The Labute approximate surface area is 109 Å². The average Bonchev–Trinajstić information content (AvgIpc) is 2.74. The fourth-order valence-electron chi connectivity index (χ4n) is 1.32. The molecule has 0 fully saturated rings. The number of nitrogen functional groups attached to an aromatic ring is 1. The maximum Gasteiger partial charge on any atom is 0.159 e. The predicted molar refractivity (Wildman–Crippen MR) is 76.0 cm³/mol. The molecule has 0 aromatic carbocycles. The highest BCUT2D eigenvalue weighted by Gasteiger charge is 2.05. The number of hydrogen-bond donors (Lipinski definition) is 1. The molecule has 2 aromatic heterocycles. The number of aryl methyl sites for hydroxylation is 1. The van der Waals surface area contributed by atoms with Crippen molar-refractivity contribution in [2.45, 2.75) is 41.5 Å². The maximum absolute atomic E-state index is 5.77. The zero-order valence-corrected chi connectivity index (χ0v) is 12.2. The normalized spacial score (nSPS) is 9.00. The van der Waals surface area contributed by atoms with Gasteiger partial charge in [0.1, 0.15) is 11.6 Å². The van der Waals surface area contributed by atoms with Crippen LogP contribution in [0.4, 0.5) is 5.69 Å². The Bertz CT molecular complexity index is 465. The van der Waals surface area contributed by atoms with Gasteiger partial charge in [-0.15, -0.1) is 0 Å². The van der Waals surface area contributed by atoms with Crippen LogP contribution in [0.1, 0.15) is 40.4 Å². The Morgan fingerprint density at radius 2 is 1.89 bits per heavy atom. The Morgan fingerprint density at radius 3 is 2.44 bits per heavy atom. The smallest absolute Gasteiger partial charge is 0.159 e. The molecule has 2 N–H and O–H groups in total. The van der Waals surface area contributed by atoms with Gasteiger partial charge in [0, 0.05) is 6.07 Å². The summed E-state index contributed by atoms with van der Waals surface area (Å²) in [4.78, 5) is 4.21. The van der Waals surface area contributed by atoms with Gasteiger partial charge in [0.2, 0.25) is 0 Å². The molecular weight excluding hydrogens is 228 g/mol. The lowest BCUT2D eigenvalue weighted by atomic mass is 10.4. The van der Waals surface area contributed by atoms with E-state index in [1.54, 1.807) is 16.8 Å². The van der Waals surface area contributed by atoms with Crippen LogP contribution < -0.4 is 10.5 Å². The van der Waals surface area contributed by atoms with Crippen molar-refractivity contribution in [3.63, 3.8) is 0 Å². The van der Waals surface area contributed by atoms with Crippen molar-refractivity contribution in [1.82, 2.24) is 14.6 Å².